The molecule has 2 fully saturated rings. The summed E-state index contributed by atoms with van der Waals surface area (Å²) in [5.41, 5.74) is -1.99. The summed E-state index contributed by atoms with van der Waals surface area (Å²) in [5.74, 6) is -0.809. The van der Waals surface area contributed by atoms with Crippen LogP contribution in [-0.2, 0) is 9.59 Å². The van der Waals surface area contributed by atoms with Gasteiger partial charge in [0.05, 0.1) is 10.2 Å². The lowest BCUT2D eigenvalue weighted by Crippen LogP contribution is -2.45. The first-order valence-corrected chi connectivity index (χ1v) is 7.29. The molecule has 3 nitrogen and oxygen atoms in total. The molecular weight excluding hydrogens is 340 g/mol. The second-order valence-electron chi connectivity index (χ2n) is 5.34. The molecule has 0 saturated heterocycles. The second kappa shape index (κ2) is 3.31. The van der Waals surface area contributed by atoms with Gasteiger partial charge < -0.3 is 5.11 Å². The van der Waals surface area contributed by atoms with Gasteiger partial charge in [0.2, 0.25) is 0 Å². The van der Waals surface area contributed by atoms with Gasteiger partial charge in [-0.05, 0) is 18.3 Å². The zero-order chi connectivity index (χ0) is 12.4. The molecule has 2 aliphatic carbocycles. The third-order valence-electron chi connectivity index (χ3n) is 5.00. The van der Waals surface area contributed by atoms with Crippen molar-refractivity contribution >= 4 is 43.6 Å². The molecule has 2 bridgehead atoms. The highest BCUT2D eigenvalue weighted by atomic mass is 79.9. The highest BCUT2D eigenvalue weighted by Gasteiger charge is 2.78. The summed E-state index contributed by atoms with van der Waals surface area (Å²) in [6.07, 6.45) is 1.24. The van der Waals surface area contributed by atoms with Crippen LogP contribution in [-0.4, -0.2) is 27.0 Å². The van der Waals surface area contributed by atoms with Gasteiger partial charge in [-0.15, -0.1) is 0 Å². The topological polar surface area (TPSA) is 54.4 Å². The minimum atomic E-state index is -0.947. The number of aliphatic carboxylic acids is 1. The highest BCUT2D eigenvalue weighted by molar-refractivity contribution is 9.10. The number of rotatable bonds is 2. The Morgan fingerprint density at radius 1 is 1.50 bits per heavy atom. The van der Waals surface area contributed by atoms with Gasteiger partial charge in [-0.1, -0.05) is 45.7 Å². The first-order valence-electron chi connectivity index (χ1n) is 5.26. The van der Waals surface area contributed by atoms with E-state index < -0.39 is 27.0 Å². The van der Waals surface area contributed by atoms with E-state index in [2.05, 4.69) is 31.9 Å². The quantitative estimate of drug-likeness (QED) is 0.776. The largest absolute Gasteiger partial charge is 0.481 e. The van der Waals surface area contributed by atoms with Crippen molar-refractivity contribution in [2.24, 2.45) is 16.2 Å². The molecule has 2 saturated carbocycles. The summed E-state index contributed by atoms with van der Waals surface area (Å²) in [5, 5.41) is 10.1. The summed E-state index contributed by atoms with van der Waals surface area (Å²) in [6.45, 7) is 3.82. The molecule has 0 unspecified atom stereocenters. The van der Waals surface area contributed by atoms with Crippen molar-refractivity contribution in [1.29, 1.82) is 0 Å². The van der Waals surface area contributed by atoms with E-state index in [-0.39, 0.29) is 5.78 Å². The molecule has 0 spiro atoms. The lowest BCUT2D eigenvalue weighted by molar-refractivity contribution is -0.153. The van der Waals surface area contributed by atoms with Crippen LogP contribution in [0.5, 0.6) is 0 Å². The molecular formula is C11H14Br2O3. The number of carboxylic acid groups (broad SMARTS) is 1. The van der Waals surface area contributed by atoms with E-state index in [1.807, 2.05) is 13.8 Å². The fourth-order valence-electron chi connectivity index (χ4n) is 3.59. The van der Waals surface area contributed by atoms with Crippen LogP contribution in [0.25, 0.3) is 0 Å². The van der Waals surface area contributed by atoms with E-state index in [4.69, 9.17) is 0 Å². The predicted octanol–water partition coefficient (Wildman–Crippen LogP) is 2.60. The summed E-state index contributed by atoms with van der Waals surface area (Å²) in [4.78, 5) is 23.4. The maximum atomic E-state index is 12.3. The maximum absolute atomic E-state index is 12.3. The fraction of sp³-hybridized carbons (Fsp3) is 0.818. The van der Waals surface area contributed by atoms with Gasteiger partial charge in [-0.2, -0.15) is 0 Å². The van der Waals surface area contributed by atoms with Crippen molar-refractivity contribution in [2.75, 3.05) is 5.33 Å². The Morgan fingerprint density at radius 2 is 2.06 bits per heavy atom. The molecule has 16 heavy (non-hydrogen) atoms. The first-order chi connectivity index (χ1) is 7.28. The minimum absolute atomic E-state index is 0.0445. The number of Topliss-reactive ketones (excluding diaryl/α,β-unsaturated/α-hetero) is 1. The number of fused-ring (bicyclic) bond motifs is 2. The maximum Gasteiger partial charge on any atom is 0.311 e. The third-order valence-corrected chi connectivity index (χ3v) is 7.16. The van der Waals surface area contributed by atoms with E-state index in [1.54, 1.807) is 0 Å². The van der Waals surface area contributed by atoms with Crippen LogP contribution in [0.15, 0.2) is 0 Å². The molecule has 3 atom stereocenters. The standard InChI is InChI=1S/C11H14Br2O3/c1-9(2)10(5-12)3-4-11(9,8(15)16)6(13)7(10)14/h6H,3-5H2,1-2H3,(H,15,16)/t6-,10+,11-/m1/s1. The highest BCUT2D eigenvalue weighted by Crippen LogP contribution is 2.72. The zero-order valence-corrected chi connectivity index (χ0v) is 12.4. The second-order valence-corrected chi connectivity index (χ2v) is 6.82. The van der Waals surface area contributed by atoms with Crippen molar-refractivity contribution < 1.29 is 14.7 Å². The zero-order valence-electron chi connectivity index (χ0n) is 9.22. The molecule has 0 aromatic heterocycles. The van der Waals surface area contributed by atoms with Gasteiger partial charge in [-0.3, -0.25) is 9.59 Å². The molecule has 0 radical (unpaired) electrons. The van der Waals surface area contributed by atoms with Crippen molar-refractivity contribution in [2.45, 2.75) is 31.5 Å². The Morgan fingerprint density at radius 3 is 2.38 bits per heavy atom. The Bertz CT molecular complexity index is 379. The lowest BCUT2D eigenvalue weighted by Gasteiger charge is -2.38. The summed E-state index contributed by atoms with van der Waals surface area (Å²) >= 11 is 6.72. The van der Waals surface area contributed by atoms with E-state index in [9.17, 15) is 14.7 Å². The molecule has 0 aliphatic heterocycles. The van der Waals surface area contributed by atoms with Crippen molar-refractivity contribution in [3.05, 3.63) is 0 Å². The monoisotopic (exact) mass is 352 g/mol. The molecule has 90 valence electrons. The van der Waals surface area contributed by atoms with Gasteiger partial charge in [0, 0.05) is 10.7 Å². The van der Waals surface area contributed by atoms with Crippen molar-refractivity contribution in [1.82, 2.24) is 0 Å². The Hall–Kier alpha value is 0.1000. The number of ketones is 1. The molecule has 0 aromatic rings. The fourth-order valence-corrected chi connectivity index (χ4v) is 6.28. The van der Waals surface area contributed by atoms with Crippen LogP contribution in [0.2, 0.25) is 0 Å². The van der Waals surface area contributed by atoms with Gasteiger partial charge >= 0.3 is 5.97 Å². The normalized spacial score (nSPS) is 45.0. The Labute approximate surface area is 111 Å². The number of halogens is 2. The molecule has 2 rings (SSSR count). The predicted molar refractivity (Wildman–Crippen MR) is 67.0 cm³/mol. The van der Waals surface area contributed by atoms with Gasteiger partial charge in [0.15, 0.2) is 5.78 Å². The number of carboxylic acids is 1. The number of hydrogen-bond acceptors (Lipinski definition) is 2. The van der Waals surface area contributed by atoms with E-state index in [0.29, 0.717) is 18.2 Å². The molecule has 2 aliphatic rings. The molecule has 0 heterocycles. The number of carbonyl (C=O) groups excluding carboxylic acids is 1. The van der Waals surface area contributed by atoms with Crippen LogP contribution in [0, 0.1) is 16.2 Å². The SMILES string of the molecule is CC1(C)[C@]2(CBr)CC[C@]1(C(=O)O)[C@H](Br)C2=O. The van der Waals surface area contributed by atoms with Crippen molar-refractivity contribution in [3.63, 3.8) is 0 Å². The van der Waals surface area contributed by atoms with Crippen LogP contribution >= 0.6 is 31.9 Å². The number of hydrogen-bond donors (Lipinski definition) is 1. The van der Waals surface area contributed by atoms with Crippen LogP contribution in [0.4, 0.5) is 0 Å². The number of carbonyl (C=O) groups is 2. The minimum Gasteiger partial charge on any atom is -0.481 e. The average molecular weight is 354 g/mol. The summed E-state index contributed by atoms with van der Waals surface area (Å²) in [7, 11) is 0. The summed E-state index contributed by atoms with van der Waals surface area (Å²) < 4.78 is 0. The van der Waals surface area contributed by atoms with E-state index in [1.165, 1.54) is 0 Å². The molecule has 1 N–H and O–H groups in total. The van der Waals surface area contributed by atoms with Crippen LogP contribution in [0.3, 0.4) is 0 Å². The van der Waals surface area contributed by atoms with Crippen LogP contribution < -0.4 is 0 Å². The third kappa shape index (κ3) is 0.964. The van der Waals surface area contributed by atoms with E-state index in [0.717, 1.165) is 0 Å². The summed E-state index contributed by atoms with van der Waals surface area (Å²) in [6, 6.07) is 0. The molecule has 0 aromatic carbocycles. The lowest BCUT2D eigenvalue weighted by atomic mass is 9.65. The Kier molecular flexibility index (Phi) is 2.60. The Balaban J connectivity index is 2.67. The average Bonchev–Trinajstić information content (AvgIpc) is 2.51. The molecule has 0 amide bonds. The smallest absolute Gasteiger partial charge is 0.311 e. The molecule has 5 heteroatoms. The van der Waals surface area contributed by atoms with Crippen molar-refractivity contribution in [3.8, 4) is 0 Å². The van der Waals surface area contributed by atoms with Gasteiger partial charge in [-0.25, -0.2) is 0 Å². The van der Waals surface area contributed by atoms with Gasteiger partial charge in [0.1, 0.15) is 0 Å². The van der Waals surface area contributed by atoms with Crippen LogP contribution in [0.1, 0.15) is 26.7 Å². The number of alkyl halides is 2. The van der Waals surface area contributed by atoms with Gasteiger partial charge in [0.25, 0.3) is 0 Å². The first kappa shape index (κ1) is 12.6. The van der Waals surface area contributed by atoms with E-state index >= 15 is 0 Å².